The Balaban J connectivity index is 1.34. The molecule has 3 aromatic carbocycles. The quantitative estimate of drug-likeness (QED) is 0.321. The zero-order chi connectivity index (χ0) is 29.9. The van der Waals surface area contributed by atoms with Crippen molar-refractivity contribution in [2.75, 3.05) is 31.5 Å². The highest BCUT2D eigenvalue weighted by Gasteiger charge is 2.31. The normalized spacial score (nSPS) is 14.1. The van der Waals surface area contributed by atoms with Gasteiger partial charge in [0.2, 0.25) is 21.8 Å². The molecule has 3 aromatic rings. The van der Waals surface area contributed by atoms with Crippen LogP contribution in [0.2, 0.25) is 10.0 Å². The maximum absolute atomic E-state index is 13.2. The molecule has 0 saturated carbocycles. The third-order valence-corrected chi connectivity index (χ3v) is 9.47. The van der Waals surface area contributed by atoms with Gasteiger partial charge in [0.05, 0.1) is 10.6 Å². The molecule has 1 N–H and O–H groups in total. The Morgan fingerprint density at radius 3 is 2.15 bits per heavy atom. The lowest BCUT2D eigenvalue weighted by molar-refractivity contribution is -0.133. The van der Waals surface area contributed by atoms with Gasteiger partial charge in [-0.1, -0.05) is 35.3 Å². The van der Waals surface area contributed by atoms with E-state index in [0.717, 1.165) is 16.7 Å². The number of benzene rings is 3. The number of amides is 2. The first-order valence-corrected chi connectivity index (χ1v) is 15.4. The van der Waals surface area contributed by atoms with Crippen molar-refractivity contribution >= 4 is 50.7 Å². The van der Waals surface area contributed by atoms with Crippen LogP contribution >= 0.6 is 23.2 Å². The summed E-state index contributed by atoms with van der Waals surface area (Å²) in [5, 5.41) is 3.82. The van der Waals surface area contributed by atoms with Crippen LogP contribution in [0, 0.1) is 27.7 Å². The number of sulfonamides is 1. The van der Waals surface area contributed by atoms with Crippen molar-refractivity contribution in [2.45, 2.75) is 45.4 Å². The summed E-state index contributed by atoms with van der Waals surface area (Å²) >= 11 is 12.3. The number of carbonyl (C=O) groups excluding carboxylic acids is 2. The van der Waals surface area contributed by atoms with Crippen LogP contribution in [0.4, 0.5) is 5.69 Å². The van der Waals surface area contributed by atoms with E-state index >= 15 is 0 Å². The second-order valence-electron chi connectivity index (χ2n) is 10.2. The van der Waals surface area contributed by atoms with E-state index in [1.54, 1.807) is 54.3 Å². The van der Waals surface area contributed by atoms with Gasteiger partial charge in [0.25, 0.3) is 0 Å². The van der Waals surface area contributed by atoms with Gasteiger partial charge in [-0.2, -0.15) is 4.31 Å². The molecule has 1 aliphatic heterocycles. The Morgan fingerprint density at radius 2 is 1.49 bits per heavy atom. The number of carbonyl (C=O) groups is 2. The van der Waals surface area contributed by atoms with Gasteiger partial charge < -0.3 is 15.0 Å². The molecular formula is C30H33Cl2N3O5S. The lowest BCUT2D eigenvalue weighted by Gasteiger charge is -2.34. The average Bonchev–Trinajstić information content (AvgIpc) is 2.91. The van der Waals surface area contributed by atoms with Gasteiger partial charge >= 0.3 is 0 Å². The van der Waals surface area contributed by atoms with Gasteiger partial charge in [-0.3, -0.25) is 9.59 Å². The summed E-state index contributed by atoms with van der Waals surface area (Å²) < 4.78 is 33.9. The number of ether oxygens (including phenoxy) is 1. The summed E-state index contributed by atoms with van der Waals surface area (Å²) in [5.74, 6) is 0.454. The molecule has 0 spiro atoms. The lowest BCUT2D eigenvalue weighted by Crippen LogP contribution is -2.50. The highest BCUT2D eigenvalue weighted by Crippen LogP contribution is 2.36. The molecule has 0 bridgehead atoms. The zero-order valence-electron chi connectivity index (χ0n) is 23.5. The van der Waals surface area contributed by atoms with E-state index in [0.29, 0.717) is 37.7 Å². The molecule has 0 aromatic heterocycles. The molecule has 4 rings (SSSR count). The number of hydrogen-bond acceptors (Lipinski definition) is 5. The number of nitrogens with zero attached hydrogens (tertiary/aromatic N) is 2. The van der Waals surface area contributed by atoms with Crippen molar-refractivity contribution in [1.82, 2.24) is 9.21 Å². The molecule has 218 valence electrons. The molecule has 8 nitrogen and oxygen atoms in total. The number of halogens is 2. The average molecular weight is 619 g/mol. The molecule has 0 unspecified atom stereocenters. The molecule has 41 heavy (non-hydrogen) atoms. The number of hydrogen-bond donors (Lipinski definition) is 1. The zero-order valence-corrected chi connectivity index (χ0v) is 25.8. The molecule has 0 aliphatic carbocycles. The van der Waals surface area contributed by atoms with E-state index in [1.165, 1.54) is 4.31 Å². The summed E-state index contributed by atoms with van der Waals surface area (Å²) in [5.41, 5.74) is 3.62. The van der Waals surface area contributed by atoms with Crippen molar-refractivity contribution in [3.8, 4) is 11.5 Å². The first-order valence-electron chi connectivity index (χ1n) is 13.2. The highest BCUT2D eigenvalue weighted by atomic mass is 35.5. The SMILES string of the molecule is Cc1ccc(C)c(S(=O)(=O)N2CCN(C(=O)CCC(=O)Nc3cc(Cl)ccc3Oc3c(C)cc(Cl)cc3C)CC2)c1. The Labute approximate surface area is 251 Å². The van der Waals surface area contributed by atoms with Crippen LogP contribution in [-0.4, -0.2) is 55.6 Å². The van der Waals surface area contributed by atoms with Gasteiger partial charge in [-0.05, 0) is 86.3 Å². The van der Waals surface area contributed by atoms with Crippen LogP contribution in [0.1, 0.15) is 35.1 Å². The van der Waals surface area contributed by atoms with Gasteiger partial charge in [0, 0.05) is 49.1 Å². The predicted octanol–water partition coefficient (Wildman–Crippen LogP) is 6.27. The van der Waals surface area contributed by atoms with E-state index in [9.17, 15) is 18.0 Å². The maximum atomic E-state index is 13.2. The largest absolute Gasteiger partial charge is 0.455 e. The molecule has 1 aliphatic rings. The lowest BCUT2D eigenvalue weighted by atomic mass is 10.1. The van der Waals surface area contributed by atoms with Crippen molar-refractivity contribution in [1.29, 1.82) is 0 Å². The number of aryl methyl sites for hydroxylation is 4. The third-order valence-electron chi connectivity index (χ3n) is 6.97. The van der Waals surface area contributed by atoms with Gasteiger partial charge in [0.15, 0.2) is 5.75 Å². The summed E-state index contributed by atoms with van der Waals surface area (Å²) in [6, 6.07) is 13.9. The first kappa shape index (κ1) is 30.8. The van der Waals surface area contributed by atoms with Crippen LogP contribution < -0.4 is 10.1 Å². The second-order valence-corrected chi connectivity index (χ2v) is 13.0. The minimum atomic E-state index is -3.66. The Bertz CT molecular complexity index is 1560. The monoisotopic (exact) mass is 617 g/mol. The number of anilines is 1. The van der Waals surface area contributed by atoms with E-state index in [1.807, 2.05) is 26.8 Å². The van der Waals surface area contributed by atoms with Crippen LogP contribution in [0.15, 0.2) is 53.4 Å². The van der Waals surface area contributed by atoms with E-state index in [4.69, 9.17) is 27.9 Å². The van der Waals surface area contributed by atoms with Crippen molar-refractivity contribution in [3.63, 3.8) is 0 Å². The van der Waals surface area contributed by atoms with E-state index in [2.05, 4.69) is 5.32 Å². The minimum Gasteiger partial charge on any atom is -0.455 e. The fourth-order valence-electron chi connectivity index (χ4n) is 4.75. The van der Waals surface area contributed by atoms with Crippen molar-refractivity contribution in [3.05, 3.63) is 80.8 Å². The molecular weight excluding hydrogens is 585 g/mol. The third kappa shape index (κ3) is 7.40. The summed E-state index contributed by atoms with van der Waals surface area (Å²) in [6.45, 7) is 8.30. The smallest absolute Gasteiger partial charge is 0.243 e. The summed E-state index contributed by atoms with van der Waals surface area (Å²) in [7, 11) is -3.66. The van der Waals surface area contributed by atoms with E-state index < -0.39 is 10.0 Å². The topological polar surface area (TPSA) is 96.0 Å². The van der Waals surface area contributed by atoms with Gasteiger partial charge in [0.1, 0.15) is 5.75 Å². The van der Waals surface area contributed by atoms with Crippen LogP contribution in [-0.2, 0) is 19.6 Å². The van der Waals surface area contributed by atoms with Crippen molar-refractivity contribution in [2.24, 2.45) is 0 Å². The van der Waals surface area contributed by atoms with Crippen LogP contribution in [0.3, 0.4) is 0 Å². The maximum Gasteiger partial charge on any atom is 0.243 e. The van der Waals surface area contributed by atoms with Crippen LogP contribution in [0.5, 0.6) is 11.5 Å². The Kier molecular flexibility index (Phi) is 9.64. The molecule has 0 radical (unpaired) electrons. The van der Waals surface area contributed by atoms with Crippen LogP contribution in [0.25, 0.3) is 0 Å². The summed E-state index contributed by atoms with van der Waals surface area (Å²) in [6.07, 6.45) is -0.0630. The van der Waals surface area contributed by atoms with E-state index in [-0.39, 0.29) is 50.8 Å². The summed E-state index contributed by atoms with van der Waals surface area (Å²) in [4.78, 5) is 27.6. The molecule has 1 heterocycles. The Morgan fingerprint density at radius 1 is 0.829 bits per heavy atom. The van der Waals surface area contributed by atoms with Crippen molar-refractivity contribution < 1.29 is 22.7 Å². The fourth-order valence-corrected chi connectivity index (χ4v) is 6.98. The first-order chi connectivity index (χ1) is 19.3. The molecule has 11 heteroatoms. The fraction of sp³-hybridized carbons (Fsp3) is 0.333. The van der Waals surface area contributed by atoms with Gasteiger partial charge in [-0.25, -0.2) is 8.42 Å². The molecule has 1 saturated heterocycles. The highest BCUT2D eigenvalue weighted by molar-refractivity contribution is 7.89. The Hall–Kier alpha value is -3.11. The molecule has 0 atom stereocenters. The number of rotatable bonds is 8. The predicted molar refractivity (Wildman–Crippen MR) is 162 cm³/mol. The number of nitrogens with one attached hydrogen (secondary N) is 1. The molecule has 2 amide bonds. The van der Waals surface area contributed by atoms with Gasteiger partial charge in [-0.15, -0.1) is 0 Å². The minimum absolute atomic E-state index is 0.0122. The molecule has 1 fully saturated rings. The standard InChI is InChI=1S/C30H33Cl2N3O5S/c1-19-5-6-20(2)27(15-19)41(38,39)35-13-11-34(12-14-35)29(37)10-9-28(36)33-25-18-23(31)7-8-26(25)40-30-21(3)16-24(32)17-22(30)4/h5-8,15-18H,9-14H2,1-4H3,(H,33,36). The second kappa shape index (κ2) is 12.8. The number of piperazine rings is 1.